The SMILES string of the molecule is Nc1c(C(=O)c2ccc(Br)cc2)sc2nc(=O)n3ccccc3c12. The molecule has 7 heteroatoms. The molecule has 0 aliphatic heterocycles. The number of thiophene rings is 1. The minimum atomic E-state index is -0.387. The van der Waals surface area contributed by atoms with Crippen LogP contribution in [-0.2, 0) is 0 Å². The first-order valence-electron chi connectivity index (χ1n) is 7.06. The third-order valence-corrected chi connectivity index (χ3v) is 5.39. The van der Waals surface area contributed by atoms with Gasteiger partial charge in [-0.15, -0.1) is 11.3 Å². The summed E-state index contributed by atoms with van der Waals surface area (Å²) in [5.74, 6) is -0.176. The van der Waals surface area contributed by atoms with Gasteiger partial charge in [0, 0.05) is 16.2 Å². The first-order valence-corrected chi connectivity index (χ1v) is 8.67. The Hall–Kier alpha value is -2.51. The van der Waals surface area contributed by atoms with Gasteiger partial charge in [0.2, 0.25) is 5.78 Å². The van der Waals surface area contributed by atoms with E-state index in [1.54, 1.807) is 42.6 Å². The van der Waals surface area contributed by atoms with E-state index >= 15 is 0 Å². The van der Waals surface area contributed by atoms with Crippen molar-refractivity contribution in [3.8, 4) is 0 Å². The molecule has 3 heterocycles. The number of fused-ring (bicyclic) bond motifs is 3. The van der Waals surface area contributed by atoms with Crippen molar-refractivity contribution in [3.05, 3.63) is 74.1 Å². The molecule has 0 atom stereocenters. The third kappa shape index (κ3) is 2.24. The lowest BCUT2D eigenvalue weighted by molar-refractivity contribution is 0.104. The van der Waals surface area contributed by atoms with Gasteiger partial charge in [-0.3, -0.25) is 9.20 Å². The summed E-state index contributed by atoms with van der Waals surface area (Å²) in [4.78, 5) is 29.8. The van der Waals surface area contributed by atoms with E-state index in [1.165, 1.54) is 4.40 Å². The average Bonchev–Trinajstić information content (AvgIpc) is 2.92. The number of hydrogen-bond acceptors (Lipinski definition) is 5. The van der Waals surface area contributed by atoms with Gasteiger partial charge in [-0.05, 0) is 36.4 Å². The molecule has 4 rings (SSSR count). The maximum absolute atomic E-state index is 12.8. The molecule has 0 amide bonds. The van der Waals surface area contributed by atoms with Crippen LogP contribution < -0.4 is 11.4 Å². The summed E-state index contributed by atoms with van der Waals surface area (Å²) in [6.45, 7) is 0. The van der Waals surface area contributed by atoms with Crippen molar-refractivity contribution in [3.63, 3.8) is 0 Å². The molecule has 1 aromatic carbocycles. The second kappa shape index (κ2) is 5.54. The van der Waals surface area contributed by atoms with Gasteiger partial charge in [-0.2, -0.15) is 4.98 Å². The molecule has 3 aromatic heterocycles. The molecular formula is C17H10BrN3O2S. The van der Waals surface area contributed by atoms with Gasteiger partial charge in [0.05, 0.1) is 16.6 Å². The molecule has 0 fully saturated rings. The normalized spacial score (nSPS) is 11.2. The second-order valence-electron chi connectivity index (χ2n) is 5.21. The van der Waals surface area contributed by atoms with Crippen LogP contribution in [0.25, 0.3) is 15.7 Å². The lowest BCUT2D eigenvalue weighted by Crippen LogP contribution is -2.16. The van der Waals surface area contributed by atoms with E-state index in [2.05, 4.69) is 20.9 Å². The summed E-state index contributed by atoms with van der Waals surface area (Å²) in [7, 11) is 0. The van der Waals surface area contributed by atoms with Crippen LogP contribution in [0.4, 0.5) is 5.69 Å². The molecular weight excluding hydrogens is 390 g/mol. The quantitative estimate of drug-likeness (QED) is 0.523. The Morgan fingerprint density at radius 2 is 1.92 bits per heavy atom. The second-order valence-corrected chi connectivity index (χ2v) is 7.13. The summed E-state index contributed by atoms with van der Waals surface area (Å²) >= 11 is 4.50. The number of anilines is 1. The first kappa shape index (κ1) is 15.0. The largest absolute Gasteiger partial charge is 0.397 e. The molecule has 0 spiro atoms. The molecule has 0 bridgehead atoms. The van der Waals surface area contributed by atoms with Gasteiger partial charge in [0.25, 0.3) is 0 Å². The van der Waals surface area contributed by atoms with Crippen LogP contribution in [0.2, 0.25) is 0 Å². The van der Waals surface area contributed by atoms with Gasteiger partial charge in [0.1, 0.15) is 9.71 Å². The van der Waals surface area contributed by atoms with Crippen LogP contribution in [-0.4, -0.2) is 15.2 Å². The van der Waals surface area contributed by atoms with Gasteiger partial charge < -0.3 is 5.73 Å². The van der Waals surface area contributed by atoms with Crippen molar-refractivity contribution in [2.75, 3.05) is 5.73 Å². The number of nitrogens with two attached hydrogens (primary N) is 1. The summed E-state index contributed by atoms with van der Waals surface area (Å²) in [6, 6.07) is 12.4. The van der Waals surface area contributed by atoms with Crippen molar-refractivity contribution < 1.29 is 4.79 Å². The Morgan fingerprint density at radius 3 is 2.67 bits per heavy atom. The molecule has 0 saturated carbocycles. The number of halogens is 1. The highest BCUT2D eigenvalue weighted by molar-refractivity contribution is 9.10. The van der Waals surface area contributed by atoms with Crippen LogP contribution in [0.5, 0.6) is 0 Å². The zero-order valence-electron chi connectivity index (χ0n) is 12.2. The van der Waals surface area contributed by atoms with Crippen molar-refractivity contribution in [1.29, 1.82) is 0 Å². The molecule has 2 N–H and O–H groups in total. The molecule has 24 heavy (non-hydrogen) atoms. The predicted octanol–water partition coefficient (Wildman–Crippen LogP) is 3.48. The highest BCUT2D eigenvalue weighted by atomic mass is 79.9. The molecule has 4 aromatic rings. The minimum absolute atomic E-state index is 0.176. The Kier molecular flexibility index (Phi) is 3.47. The van der Waals surface area contributed by atoms with Crippen LogP contribution in [0.3, 0.4) is 0 Å². The number of nitrogens with zero attached hydrogens (tertiary/aromatic N) is 2. The molecule has 0 aliphatic carbocycles. The fourth-order valence-electron chi connectivity index (χ4n) is 2.61. The monoisotopic (exact) mass is 399 g/mol. The Morgan fingerprint density at radius 1 is 1.17 bits per heavy atom. The maximum atomic E-state index is 12.8. The smallest absolute Gasteiger partial charge is 0.353 e. The van der Waals surface area contributed by atoms with Crippen molar-refractivity contribution in [2.45, 2.75) is 0 Å². The van der Waals surface area contributed by atoms with Gasteiger partial charge in [-0.1, -0.05) is 22.0 Å². The Bertz CT molecular complexity index is 1160. The maximum Gasteiger partial charge on any atom is 0.353 e. The molecule has 0 radical (unpaired) electrons. The number of nitrogen functional groups attached to an aromatic ring is 1. The number of benzene rings is 1. The summed E-state index contributed by atoms with van der Waals surface area (Å²) in [5, 5.41) is 0.640. The standard InChI is InChI=1S/C17H10BrN3O2S/c18-10-6-4-9(5-7-10)14(22)15-13(19)12-11-3-1-2-8-21(11)17(23)20-16(12)24-15/h1-8H,19H2. The Labute approximate surface area is 148 Å². The van der Waals surface area contributed by atoms with E-state index in [-0.39, 0.29) is 11.5 Å². The molecule has 0 saturated heterocycles. The van der Waals surface area contributed by atoms with E-state index in [9.17, 15) is 9.59 Å². The fraction of sp³-hybridized carbons (Fsp3) is 0. The zero-order valence-corrected chi connectivity index (χ0v) is 14.6. The van der Waals surface area contributed by atoms with E-state index in [4.69, 9.17) is 5.73 Å². The number of rotatable bonds is 2. The summed E-state index contributed by atoms with van der Waals surface area (Å²) in [5.41, 5.74) is 7.41. The lowest BCUT2D eigenvalue weighted by atomic mass is 10.1. The number of pyridine rings is 1. The average molecular weight is 400 g/mol. The van der Waals surface area contributed by atoms with Gasteiger partial charge in [0.15, 0.2) is 0 Å². The summed E-state index contributed by atoms with van der Waals surface area (Å²) in [6.07, 6.45) is 1.64. The van der Waals surface area contributed by atoms with E-state index in [0.717, 1.165) is 15.8 Å². The van der Waals surface area contributed by atoms with E-state index < -0.39 is 0 Å². The molecule has 0 aliphatic rings. The predicted molar refractivity (Wildman–Crippen MR) is 98.8 cm³/mol. The number of hydrogen-bond donors (Lipinski definition) is 1. The fourth-order valence-corrected chi connectivity index (χ4v) is 3.93. The minimum Gasteiger partial charge on any atom is -0.397 e. The number of ketones is 1. The van der Waals surface area contributed by atoms with E-state index in [1.807, 2.05) is 6.07 Å². The van der Waals surface area contributed by atoms with Crippen molar-refractivity contribution >= 4 is 54.5 Å². The molecule has 118 valence electrons. The van der Waals surface area contributed by atoms with Crippen LogP contribution in [0.1, 0.15) is 15.2 Å². The highest BCUT2D eigenvalue weighted by Crippen LogP contribution is 2.35. The lowest BCUT2D eigenvalue weighted by Gasteiger charge is -2.02. The number of carbonyl (C=O) groups excluding carboxylic acids is 1. The highest BCUT2D eigenvalue weighted by Gasteiger charge is 2.21. The van der Waals surface area contributed by atoms with Crippen LogP contribution >= 0.6 is 27.3 Å². The van der Waals surface area contributed by atoms with Crippen molar-refractivity contribution in [1.82, 2.24) is 9.38 Å². The molecule has 0 unspecified atom stereocenters. The zero-order chi connectivity index (χ0) is 16.8. The summed E-state index contributed by atoms with van der Waals surface area (Å²) < 4.78 is 2.32. The number of carbonyl (C=O) groups is 1. The first-order chi connectivity index (χ1) is 11.6. The number of aromatic nitrogens is 2. The third-order valence-electron chi connectivity index (χ3n) is 3.76. The van der Waals surface area contributed by atoms with E-state index in [0.29, 0.717) is 31.9 Å². The van der Waals surface area contributed by atoms with Crippen molar-refractivity contribution in [2.24, 2.45) is 0 Å². The van der Waals surface area contributed by atoms with Crippen LogP contribution in [0.15, 0.2) is 57.9 Å². The Balaban J connectivity index is 1.99. The topological polar surface area (TPSA) is 77.5 Å². The van der Waals surface area contributed by atoms with Gasteiger partial charge >= 0.3 is 5.69 Å². The molecule has 5 nitrogen and oxygen atoms in total. The van der Waals surface area contributed by atoms with Gasteiger partial charge in [-0.25, -0.2) is 4.79 Å². The van der Waals surface area contributed by atoms with Crippen LogP contribution in [0, 0.1) is 0 Å².